The summed E-state index contributed by atoms with van der Waals surface area (Å²) in [6.07, 6.45) is 2.27. The molecule has 0 aliphatic heterocycles. The van der Waals surface area contributed by atoms with E-state index in [-0.39, 0.29) is 0 Å². The number of carbonyl (C=O) groups is 1. The Labute approximate surface area is 137 Å². The van der Waals surface area contributed by atoms with Gasteiger partial charge in [-0.15, -0.1) is 0 Å². The molecule has 2 aromatic carbocycles. The van der Waals surface area contributed by atoms with Crippen molar-refractivity contribution in [1.82, 2.24) is 0 Å². The molecule has 0 radical (unpaired) electrons. The van der Waals surface area contributed by atoms with Gasteiger partial charge in [-0.2, -0.15) is 0 Å². The van der Waals surface area contributed by atoms with Crippen LogP contribution in [-0.2, 0) is 11.2 Å². The van der Waals surface area contributed by atoms with Crippen LogP contribution in [0.4, 0.5) is 0 Å². The number of aldehydes is 1. The van der Waals surface area contributed by atoms with Crippen LogP contribution in [0, 0.1) is 3.57 Å². The number of benzene rings is 2. The highest BCUT2D eigenvalue weighted by atomic mass is 127. The smallest absolute Gasteiger partial charge is 0.120 e. The van der Waals surface area contributed by atoms with Crippen LogP contribution in [-0.4, -0.2) is 6.29 Å². The molecule has 4 heteroatoms. The van der Waals surface area contributed by atoms with Crippen molar-refractivity contribution in [2.45, 2.75) is 12.8 Å². The lowest BCUT2D eigenvalue weighted by Gasteiger charge is -1.96. The molecule has 0 saturated heterocycles. The Balaban J connectivity index is 0.000000200. The van der Waals surface area contributed by atoms with Crippen LogP contribution in [0.5, 0.6) is 0 Å². The third-order valence-electron chi connectivity index (χ3n) is 2.23. The normalized spacial score (nSPS) is 9.42. The maximum absolute atomic E-state index is 10.0. The lowest BCUT2D eigenvalue weighted by Crippen LogP contribution is -1.84. The van der Waals surface area contributed by atoms with Crippen LogP contribution < -0.4 is 0 Å². The van der Waals surface area contributed by atoms with Crippen molar-refractivity contribution in [3.8, 4) is 0 Å². The highest BCUT2D eigenvalue weighted by Gasteiger charge is 1.92. The van der Waals surface area contributed by atoms with Crippen LogP contribution in [0.3, 0.4) is 0 Å². The molecule has 0 heterocycles. The van der Waals surface area contributed by atoms with E-state index >= 15 is 0 Å². The Morgan fingerprint density at radius 1 is 1.00 bits per heavy atom. The van der Waals surface area contributed by atoms with Crippen LogP contribution >= 0.6 is 45.8 Å². The summed E-state index contributed by atoms with van der Waals surface area (Å²) < 4.78 is 1.18. The van der Waals surface area contributed by atoms with Crippen molar-refractivity contribution in [3.63, 3.8) is 0 Å². The van der Waals surface area contributed by atoms with Crippen molar-refractivity contribution >= 4 is 52.1 Å². The minimum absolute atomic E-state index is 0.570. The summed E-state index contributed by atoms with van der Waals surface area (Å²) >= 11 is 13.6. The number of aryl methyl sites for hydroxylation is 1. The second-order valence-corrected chi connectivity index (χ2v) is 5.89. The molecule has 0 amide bonds. The summed E-state index contributed by atoms with van der Waals surface area (Å²) in [6.45, 7) is 0. The van der Waals surface area contributed by atoms with Gasteiger partial charge in [-0.25, -0.2) is 0 Å². The molecule has 100 valence electrons. The summed E-state index contributed by atoms with van der Waals surface area (Å²) in [5.41, 5.74) is 1.12. The Kier molecular flexibility index (Phi) is 8.10. The van der Waals surface area contributed by atoms with Crippen molar-refractivity contribution in [1.29, 1.82) is 0 Å². The van der Waals surface area contributed by atoms with Gasteiger partial charge in [0.05, 0.1) is 0 Å². The predicted molar refractivity (Wildman–Crippen MR) is 90.0 cm³/mol. The van der Waals surface area contributed by atoms with E-state index in [1.165, 1.54) is 3.57 Å². The van der Waals surface area contributed by atoms with E-state index in [0.29, 0.717) is 6.42 Å². The predicted octanol–water partition coefficient (Wildman–Crippen LogP) is 5.42. The molecule has 0 aliphatic rings. The molecule has 2 aromatic rings. The van der Waals surface area contributed by atoms with Gasteiger partial charge in [-0.05, 0) is 64.9 Å². The van der Waals surface area contributed by atoms with Crippen LogP contribution in [0.25, 0.3) is 0 Å². The van der Waals surface area contributed by atoms with Gasteiger partial charge in [-0.1, -0.05) is 41.4 Å². The minimum atomic E-state index is 0.570. The summed E-state index contributed by atoms with van der Waals surface area (Å²) in [5.74, 6) is 0. The van der Waals surface area contributed by atoms with Gasteiger partial charge in [0.2, 0.25) is 0 Å². The second kappa shape index (κ2) is 9.34. The molecule has 1 nitrogen and oxygen atoms in total. The molecule has 0 spiro atoms. The standard InChI is InChI=1S/C9H9ClO.C6H4ClI/c10-9-5-1-3-8(7-9)4-2-6-11;7-5-2-1-3-6(8)4-5/h1,3,5-7H,2,4H2;1-4H. The Bertz CT molecular complexity index is 512. The van der Waals surface area contributed by atoms with E-state index in [1.807, 2.05) is 48.5 Å². The largest absolute Gasteiger partial charge is 0.303 e. The first-order chi connectivity index (χ1) is 9.11. The summed E-state index contributed by atoms with van der Waals surface area (Å²) in [6, 6.07) is 15.3. The summed E-state index contributed by atoms with van der Waals surface area (Å²) in [7, 11) is 0. The Morgan fingerprint density at radius 3 is 2.11 bits per heavy atom. The van der Waals surface area contributed by atoms with E-state index in [2.05, 4.69) is 22.6 Å². The van der Waals surface area contributed by atoms with Gasteiger partial charge in [0.1, 0.15) is 6.29 Å². The molecule has 0 fully saturated rings. The van der Waals surface area contributed by atoms with Gasteiger partial charge in [-0.3, -0.25) is 0 Å². The average molecular weight is 407 g/mol. The molecule has 0 aliphatic carbocycles. The van der Waals surface area contributed by atoms with Gasteiger partial charge < -0.3 is 4.79 Å². The van der Waals surface area contributed by atoms with E-state index in [9.17, 15) is 4.79 Å². The quantitative estimate of drug-likeness (QED) is 0.491. The molecule has 0 saturated carbocycles. The molecule has 0 N–H and O–H groups in total. The van der Waals surface area contributed by atoms with Crippen molar-refractivity contribution in [2.75, 3.05) is 0 Å². The first-order valence-corrected chi connectivity index (χ1v) is 7.54. The topological polar surface area (TPSA) is 17.1 Å². The van der Waals surface area contributed by atoms with Crippen molar-refractivity contribution in [3.05, 3.63) is 67.7 Å². The Morgan fingerprint density at radius 2 is 1.63 bits per heavy atom. The third-order valence-corrected chi connectivity index (χ3v) is 3.37. The van der Waals surface area contributed by atoms with Crippen LogP contribution in [0.1, 0.15) is 12.0 Å². The number of carbonyl (C=O) groups excluding carboxylic acids is 1. The SMILES string of the molecule is Clc1cccc(I)c1.O=CCCc1cccc(Cl)c1. The fraction of sp³-hybridized carbons (Fsp3) is 0.133. The lowest BCUT2D eigenvalue weighted by molar-refractivity contribution is -0.107. The van der Waals surface area contributed by atoms with Gasteiger partial charge in [0.25, 0.3) is 0 Å². The lowest BCUT2D eigenvalue weighted by atomic mass is 10.1. The highest BCUT2D eigenvalue weighted by Crippen LogP contribution is 2.12. The zero-order valence-corrected chi connectivity index (χ0v) is 13.8. The molecule has 2 rings (SSSR count). The Hall–Kier alpha value is -0.580. The number of rotatable bonds is 3. The maximum atomic E-state index is 10.0. The van der Waals surface area contributed by atoms with E-state index in [4.69, 9.17) is 23.2 Å². The molecule has 0 aromatic heterocycles. The van der Waals surface area contributed by atoms with E-state index in [1.54, 1.807) is 0 Å². The molecular weight excluding hydrogens is 394 g/mol. The number of hydrogen-bond acceptors (Lipinski definition) is 1. The van der Waals surface area contributed by atoms with Crippen LogP contribution in [0.15, 0.2) is 48.5 Å². The number of halogens is 3. The maximum Gasteiger partial charge on any atom is 0.120 e. The fourth-order valence-electron chi connectivity index (χ4n) is 1.38. The minimum Gasteiger partial charge on any atom is -0.303 e. The molecule has 0 unspecified atom stereocenters. The average Bonchev–Trinajstić information content (AvgIpc) is 2.37. The molecular formula is C15H13Cl2IO. The van der Waals surface area contributed by atoms with Crippen molar-refractivity contribution < 1.29 is 4.79 Å². The third kappa shape index (κ3) is 7.55. The van der Waals surface area contributed by atoms with Crippen molar-refractivity contribution in [2.24, 2.45) is 0 Å². The van der Waals surface area contributed by atoms with Crippen LogP contribution in [0.2, 0.25) is 10.0 Å². The van der Waals surface area contributed by atoms with Gasteiger partial charge >= 0.3 is 0 Å². The fourth-order valence-corrected chi connectivity index (χ4v) is 2.51. The monoisotopic (exact) mass is 406 g/mol. The molecule has 0 bridgehead atoms. The molecule has 19 heavy (non-hydrogen) atoms. The summed E-state index contributed by atoms with van der Waals surface area (Å²) in [4.78, 5) is 10.0. The van der Waals surface area contributed by atoms with E-state index in [0.717, 1.165) is 28.3 Å². The zero-order valence-electron chi connectivity index (χ0n) is 10.2. The zero-order chi connectivity index (χ0) is 14.1. The molecule has 0 atom stereocenters. The van der Waals surface area contributed by atoms with Gasteiger partial charge in [0.15, 0.2) is 0 Å². The first-order valence-electron chi connectivity index (χ1n) is 5.71. The van der Waals surface area contributed by atoms with E-state index < -0.39 is 0 Å². The summed E-state index contributed by atoms with van der Waals surface area (Å²) in [5, 5.41) is 1.53. The second-order valence-electron chi connectivity index (χ2n) is 3.78. The van der Waals surface area contributed by atoms with Gasteiger partial charge in [0, 0.05) is 20.0 Å². The number of hydrogen-bond donors (Lipinski definition) is 0. The first kappa shape index (κ1) is 16.5. The highest BCUT2D eigenvalue weighted by molar-refractivity contribution is 14.1.